The largest absolute Gasteiger partial charge is 0.394 e. The van der Waals surface area contributed by atoms with E-state index in [9.17, 15) is 20.1 Å². The molecule has 0 spiro atoms. The molecular weight excluding hydrogens is 534 g/mol. The van der Waals surface area contributed by atoms with Crippen molar-refractivity contribution in [1.29, 1.82) is 0 Å². The number of aliphatic hydroxyl groups is 3. The van der Waals surface area contributed by atoms with Crippen LogP contribution in [-0.4, -0.2) is 46.1 Å². The molecule has 0 radical (unpaired) electrons. The zero-order valence-corrected chi connectivity index (χ0v) is 27.3. The zero-order valence-electron chi connectivity index (χ0n) is 27.3. The Labute approximate surface area is 264 Å². The average molecular weight is 598 g/mol. The monoisotopic (exact) mass is 597 g/mol. The maximum atomic E-state index is 12.3. The molecule has 0 saturated heterocycles. The van der Waals surface area contributed by atoms with E-state index < -0.39 is 18.2 Å². The fourth-order valence-corrected chi connectivity index (χ4v) is 4.32. The summed E-state index contributed by atoms with van der Waals surface area (Å²) in [5, 5.41) is 32.8. The van der Waals surface area contributed by atoms with Crippen LogP contribution in [0.2, 0.25) is 0 Å². The Morgan fingerprint density at radius 1 is 0.651 bits per heavy atom. The van der Waals surface area contributed by atoms with Crippen LogP contribution in [0.3, 0.4) is 0 Å². The molecule has 5 heteroatoms. The Kier molecular flexibility index (Phi) is 30.6. The number of aliphatic hydroxyl groups excluding tert-OH is 3. The SMILES string of the molecule is CC/C=C\C/C=C\C/C=C\C/C=C\C=C\C(O)CCCC(=O)N[C@@H](CO)[C@H](O)/C=C/CCCCCCCC/C=C\CCC. The van der Waals surface area contributed by atoms with Crippen LogP contribution >= 0.6 is 0 Å². The second kappa shape index (κ2) is 32.4. The predicted octanol–water partition coefficient (Wildman–Crippen LogP) is 8.75. The molecule has 0 aliphatic rings. The second-order valence-electron chi connectivity index (χ2n) is 11.0. The molecule has 244 valence electrons. The van der Waals surface area contributed by atoms with E-state index in [0.717, 1.165) is 38.5 Å². The molecule has 1 amide bonds. The van der Waals surface area contributed by atoms with E-state index in [0.29, 0.717) is 12.8 Å². The lowest BCUT2D eigenvalue weighted by Crippen LogP contribution is -2.45. The number of amides is 1. The average Bonchev–Trinajstić information content (AvgIpc) is 3.00. The molecule has 43 heavy (non-hydrogen) atoms. The third-order valence-corrected chi connectivity index (χ3v) is 6.94. The lowest BCUT2D eigenvalue weighted by atomic mass is 10.1. The van der Waals surface area contributed by atoms with Crippen LogP contribution in [0.4, 0.5) is 0 Å². The third kappa shape index (κ3) is 29.4. The predicted molar refractivity (Wildman–Crippen MR) is 185 cm³/mol. The highest BCUT2D eigenvalue weighted by Crippen LogP contribution is 2.10. The molecular formula is C38H63NO4. The summed E-state index contributed by atoms with van der Waals surface area (Å²) in [4.78, 5) is 12.3. The fourth-order valence-electron chi connectivity index (χ4n) is 4.32. The van der Waals surface area contributed by atoms with Crippen molar-refractivity contribution >= 4 is 5.91 Å². The molecule has 0 aliphatic carbocycles. The lowest BCUT2D eigenvalue weighted by molar-refractivity contribution is -0.123. The molecule has 0 saturated carbocycles. The molecule has 4 N–H and O–H groups in total. The van der Waals surface area contributed by atoms with Crippen molar-refractivity contribution in [1.82, 2.24) is 5.32 Å². The van der Waals surface area contributed by atoms with Gasteiger partial charge in [-0.2, -0.15) is 0 Å². The molecule has 0 heterocycles. The van der Waals surface area contributed by atoms with Gasteiger partial charge in [0.1, 0.15) is 0 Å². The molecule has 5 nitrogen and oxygen atoms in total. The van der Waals surface area contributed by atoms with Crippen LogP contribution in [0.1, 0.15) is 123 Å². The maximum absolute atomic E-state index is 12.3. The molecule has 3 atom stereocenters. The number of hydrogen-bond donors (Lipinski definition) is 4. The number of nitrogens with one attached hydrogen (secondary N) is 1. The standard InChI is InChI=1S/C38H63NO4/c1-3-5-7-9-11-13-15-17-19-21-23-25-27-30-35(41)31-29-33-38(43)39-36(34-40)37(42)32-28-26-24-22-20-18-16-14-12-10-8-6-4-2/h5,7-8,10-11,13,17,19,23,25,27-28,30,32,35-37,40-42H,3-4,6,9,12,14-16,18,20-22,24,26,29,31,33-34H2,1-2H3,(H,39,43)/b7-5-,10-8-,13-11-,19-17-,25-23-,30-27+,32-28+/t35?,36-,37+/m0/s1. The third-order valence-electron chi connectivity index (χ3n) is 6.94. The van der Waals surface area contributed by atoms with Crippen LogP contribution in [0.15, 0.2) is 85.1 Å². The van der Waals surface area contributed by atoms with Crippen molar-refractivity contribution < 1.29 is 20.1 Å². The van der Waals surface area contributed by atoms with Gasteiger partial charge in [-0.05, 0) is 70.6 Å². The highest BCUT2D eigenvalue weighted by Gasteiger charge is 2.18. The van der Waals surface area contributed by atoms with Gasteiger partial charge in [0.05, 0.1) is 24.9 Å². The summed E-state index contributed by atoms with van der Waals surface area (Å²) in [6, 6.07) is -0.724. The van der Waals surface area contributed by atoms with Crippen LogP contribution in [-0.2, 0) is 4.79 Å². The van der Waals surface area contributed by atoms with Gasteiger partial charge in [0.25, 0.3) is 0 Å². The molecule has 0 aromatic rings. The number of rotatable bonds is 28. The van der Waals surface area contributed by atoms with E-state index in [1.165, 1.54) is 51.4 Å². The van der Waals surface area contributed by atoms with Crippen molar-refractivity contribution in [2.45, 2.75) is 141 Å². The van der Waals surface area contributed by atoms with E-state index in [4.69, 9.17) is 0 Å². The van der Waals surface area contributed by atoms with Gasteiger partial charge in [0.15, 0.2) is 0 Å². The number of carbonyl (C=O) groups excluding carboxylic acids is 1. The van der Waals surface area contributed by atoms with Gasteiger partial charge in [0.2, 0.25) is 5.91 Å². The summed E-state index contributed by atoms with van der Waals surface area (Å²) in [5.74, 6) is -0.234. The van der Waals surface area contributed by atoms with Crippen LogP contribution in [0.25, 0.3) is 0 Å². The Bertz CT molecular complexity index is 837. The van der Waals surface area contributed by atoms with Crippen molar-refractivity contribution in [3.63, 3.8) is 0 Å². The molecule has 1 unspecified atom stereocenters. The lowest BCUT2D eigenvalue weighted by Gasteiger charge is -2.20. The first-order valence-corrected chi connectivity index (χ1v) is 16.9. The fraction of sp³-hybridized carbons (Fsp3) is 0.605. The number of hydrogen-bond acceptors (Lipinski definition) is 4. The number of carbonyl (C=O) groups is 1. The van der Waals surface area contributed by atoms with Crippen molar-refractivity contribution in [3.05, 3.63) is 85.1 Å². The first-order valence-electron chi connectivity index (χ1n) is 16.9. The van der Waals surface area contributed by atoms with Crippen LogP contribution in [0.5, 0.6) is 0 Å². The van der Waals surface area contributed by atoms with Gasteiger partial charge in [-0.25, -0.2) is 0 Å². The molecule has 0 aromatic heterocycles. The molecule has 0 bridgehead atoms. The molecule has 0 aromatic carbocycles. The van der Waals surface area contributed by atoms with Crippen molar-refractivity contribution in [2.24, 2.45) is 0 Å². The smallest absolute Gasteiger partial charge is 0.220 e. The van der Waals surface area contributed by atoms with Crippen LogP contribution in [0, 0.1) is 0 Å². The topological polar surface area (TPSA) is 89.8 Å². The van der Waals surface area contributed by atoms with E-state index in [-0.39, 0.29) is 18.9 Å². The Morgan fingerprint density at radius 3 is 1.86 bits per heavy atom. The molecule has 0 aliphatic heterocycles. The Hall–Kier alpha value is -2.47. The molecule has 0 rings (SSSR count). The van der Waals surface area contributed by atoms with Gasteiger partial charge in [-0.3, -0.25) is 4.79 Å². The maximum Gasteiger partial charge on any atom is 0.220 e. The summed E-state index contributed by atoms with van der Waals surface area (Å²) in [7, 11) is 0. The van der Waals surface area contributed by atoms with Gasteiger partial charge in [-0.1, -0.05) is 131 Å². The second-order valence-corrected chi connectivity index (χ2v) is 11.0. The zero-order chi connectivity index (χ0) is 31.6. The van der Waals surface area contributed by atoms with Gasteiger partial charge in [0, 0.05) is 6.42 Å². The minimum atomic E-state index is -0.922. The van der Waals surface area contributed by atoms with E-state index in [1.54, 1.807) is 12.2 Å². The number of allylic oxidation sites excluding steroid dienone is 12. The van der Waals surface area contributed by atoms with Crippen molar-refractivity contribution in [2.75, 3.05) is 6.61 Å². The molecule has 0 fully saturated rings. The summed E-state index contributed by atoms with van der Waals surface area (Å²) in [5.41, 5.74) is 0. The van der Waals surface area contributed by atoms with E-state index in [2.05, 4.69) is 67.8 Å². The highest BCUT2D eigenvalue weighted by atomic mass is 16.3. The van der Waals surface area contributed by atoms with E-state index in [1.807, 2.05) is 24.3 Å². The number of unbranched alkanes of at least 4 members (excludes halogenated alkanes) is 8. The van der Waals surface area contributed by atoms with Gasteiger partial charge in [-0.15, -0.1) is 0 Å². The van der Waals surface area contributed by atoms with Crippen molar-refractivity contribution in [3.8, 4) is 0 Å². The van der Waals surface area contributed by atoms with Gasteiger partial charge < -0.3 is 20.6 Å². The minimum Gasteiger partial charge on any atom is -0.394 e. The quantitative estimate of drug-likeness (QED) is 0.0412. The van der Waals surface area contributed by atoms with E-state index >= 15 is 0 Å². The summed E-state index contributed by atoms with van der Waals surface area (Å²) < 4.78 is 0. The van der Waals surface area contributed by atoms with Gasteiger partial charge >= 0.3 is 0 Å². The van der Waals surface area contributed by atoms with Crippen LogP contribution < -0.4 is 5.32 Å². The first kappa shape index (κ1) is 40.5. The highest BCUT2D eigenvalue weighted by molar-refractivity contribution is 5.76. The normalized spacial score (nSPS) is 15.0. The summed E-state index contributed by atoms with van der Waals surface area (Å²) in [6.07, 6.45) is 44.0. The first-order chi connectivity index (χ1) is 21.0. The summed E-state index contributed by atoms with van der Waals surface area (Å²) >= 11 is 0. The summed E-state index contributed by atoms with van der Waals surface area (Å²) in [6.45, 7) is 4.01. The Morgan fingerprint density at radius 2 is 1.23 bits per heavy atom. The Balaban J connectivity index is 3.96. The minimum absolute atomic E-state index is 0.233.